The molecule has 180 valence electrons. The Kier molecular flexibility index (Phi) is 6.28. The van der Waals surface area contributed by atoms with Crippen LogP contribution in [0.15, 0.2) is 6.07 Å². The minimum absolute atomic E-state index is 0.0261. The summed E-state index contributed by atoms with van der Waals surface area (Å²) in [6.07, 6.45) is 6.39. The molecule has 3 atom stereocenters. The van der Waals surface area contributed by atoms with Crippen LogP contribution in [0.2, 0.25) is 0 Å². The lowest BCUT2D eigenvalue weighted by atomic mass is 9.72. The van der Waals surface area contributed by atoms with Crippen molar-refractivity contribution in [2.45, 2.75) is 78.2 Å². The van der Waals surface area contributed by atoms with E-state index in [2.05, 4.69) is 36.9 Å². The van der Waals surface area contributed by atoms with Crippen LogP contribution in [-0.4, -0.2) is 40.7 Å². The summed E-state index contributed by atoms with van der Waals surface area (Å²) in [5.41, 5.74) is 5.33. The Labute approximate surface area is 198 Å². The fourth-order valence-corrected chi connectivity index (χ4v) is 6.49. The quantitative estimate of drug-likeness (QED) is 0.462. The number of nitrogens with zero attached hydrogens (tertiary/aromatic N) is 1. The Hall–Kier alpha value is -2.42. The van der Waals surface area contributed by atoms with Crippen molar-refractivity contribution in [3.8, 4) is 0 Å². The first-order valence-electron chi connectivity index (χ1n) is 11.9. The molecule has 1 aromatic rings. The zero-order chi connectivity index (χ0) is 24.0. The van der Waals surface area contributed by atoms with Gasteiger partial charge in [-0.3, -0.25) is 30.1 Å². The van der Waals surface area contributed by atoms with Crippen LogP contribution in [0.4, 0.5) is 4.79 Å². The molecule has 3 N–H and O–H groups in total. The van der Waals surface area contributed by atoms with Crippen molar-refractivity contribution in [3.63, 3.8) is 0 Å². The van der Waals surface area contributed by atoms with Crippen LogP contribution in [0.5, 0.6) is 0 Å². The molecule has 4 rings (SSSR count). The van der Waals surface area contributed by atoms with E-state index in [1.165, 1.54) is 21.8 Å². The maximum absolute atomic E-state index is 13.0. The molecule has 5 amide bonds. The highest BCUT2D eigenvalue weighted by atomic mass is 32.1. The molecular formula is C24H34N4O4S. The van der Waals surface area contributed by atoms with Gasteiger partial charge in [-0.2, -0.15) is 0 Å². The highest BCUT2D eigenvalue weighted by Gasteiger charge is 2.55. The number of hydrogen-bond donors (Lipinski definition) is 3. The topological polar surface area (TPSA) is 108 Å². The number of rotatable bonds is 3. The third-order valence-electron chi connectivity index (χ3n) is 7.65. The molecular weight excluding hydrogens is 440 g/mol. The van der Waals surface area contributed by atoms with Crippen LogP contribution < -0.4 is 16.2 Å². The predicted octanol–water partition coefficient (Wildman–Crippen LogP) is 3.16. The average molecular weight is 475 g/mol. The maximum Gasteiger partial charge on any atom is 0.325 e. The molecule has 2 fully saturated rings. The summed E-state index contributed by atoms with van der Waals surface area (Å²) in [4.78, 5) is 53.2. The third-order valence-corrected chi connectivity index (χ3v) is 8.89. The van der Waals surface area contributed by atoms with Crippen molar-refractivity contribution in [2.24, 2.45) is 17.3 Å². The summed E-state index contributed by atoms with van der Waals surface area (Å²) < 4.78 is 0. The number of hydrazine groups is 1. The second-order valence-electron chi connectivity index (χ2n) is 10.8. The lowest BCUT2D eigenvalue weighted by Crippen LogP contribution is -2.54. The number of hydrogen-bond acceptors (Lipinski definition) is 5. The van der Waals surface area contributed by atoms with Crippen LogP contribution in [0, 0.1) is 17.3 Å². The number of amides is 5. The van der Waals surface area contributed by atoms with Gasteiger partial charge in [0.25, 0.3) is 17.7 Å². The van der Waals surface area contributed by atoms with E-state index >= 15 is 0 Å². The van der Waals surface area contributed by atoms with Gasteiger partial charge >= 0.3 is 6.03 Å². The smallest absolute Gasteiger partial charge is 0.323 e. The fourth-order valence-electron chi connectivity index (χ4n) is 5.38. The van der Waals surface area contributed by atoms with E-state index in [1.807, 2.05) is 13.0 Å². The van der Waals surface area contributed by atoms with Gasteiger partial charge in [0.2, 0.25) is 0 Å². The van der Waals surface area contributed by atoms with Gasteiger partial charge < -0.3 is 5.32 Å². The van der Waals surface area contributed by atoms with Gasteiger partial charge in [-0.15, -0.1) is 11.3 Å². The Morgan fingerprint density at radius 3 is 2.67 bits per heavy atom. The van der Waals surface area contributed by atoms with Crippen molar-refractivity contribution in [2.75, 3.05) is 6.54 Å². The number of urea groups is 1. The summed E-state index contributed by atoms with van der Waals surface area (Å²) in [6, 6.07) is 1.37. The summed E-state index contributed by atoms with van der Waals surface area (Å²) in [6.45, 7) is 8.29. The number of aryl methyl sites for hydroxylation is 1. The first-order valence-corrected chi connectivity index (χ1v) is 12.7. The molecule has 1 aromatic heterocycles. The first-order chi connectivity index (χ1) is 15.5. The maximum atomic E-state index is 13.0. The lowest BCUT2D eigenvalue weighted by molar-refractivity contribution is -0.137. The van der Waals surface area contributed by atoms with Crippen molar-refractivity contribution in [3.05, 3.63) is 21.4 Å². The first kappa shape index (κ1) is 23.7. The van der Waals surface area contributed by atoms with Gasteiger partial charge in [0, 0.05) is 4.88 Å². The normalized spacial score (nSPS) is 27.3. The summed E-state index contributed by atoms with van der Waals surface area (Å²) in [5, 5.41) is 2.83. The van der Waals surface area contributed by atoms with Crippen molar-refractivity contribution in [1.82, 2.24) is 21.1 Å². The molecule has 33 heavy (non-hydrogen) atoms. The van der Waals surface area contributed by atoms with Gasteiger partial charge in [0.05, 0.1) is 4.88 Å². The Bertz CT molecular complexity index is 982. The Morgan fingerprint density at radius 1 is 1.21 bits per heavy atom. The van der Waals surface area contributed by atoms with Gasteiger partial charge in [0.15, 0.2) is 0 Å². The monoisotopic (exact) mass is 474 g/mol. The van der Waals surface area contributed by atoms with Gasteiger partial charge in [0.1, 0.15) is 12.1 Å². The van der Waals surface area contributed by atoms with Gasteiger partial charge in [-0.05, 0) is 61.0 Å². The molecule has 8 nitrogen and oxygen atoms in total. The molecule has 3 unspecified atom stereocenters. The molecule has 1 aliphatic heterocycles. The van der Waals surface area contributed by atoms with Crippen LogP contribution >= 0.6 is 11.3 Å². The largest absolute Gasteiger partial charge is 0.325 e. The van der Waals surface area contributed by atoms with Gasteiger partial charge in [-0.25, -0.2) is 4.79 Å². The highest BCUT2D eigenvalue weighted by molar-refractivity contribution is 7.14. The van der Waals surface area contributed by atoms with Crippen molar-refractivity contribution >= 4 is 35.1 Å². The highest BCUT2D eigenvalue weighted by Crippen LogP contribution is 2.40. The number of carbonyl (C=O) groups is 4. The van der Waals surface area contributed by atoms with E-state index < -0.39 is 24.0 Å². The molecule has 2 heterocycles. The van der Waals surface area contributed by atoms with E-state index in [1.54, 1.807) is 0 Å². The standard InChI is InChI=1S/C24H34N4O4S/c1-14-7-5-6-10-24(14)21(31)28(22(32)25-24)13-19(29)26-27-20(30)18-12-15-11-16(23(2,3)4)8-9-17(15)33-18/h12,14,16H,5-11,13H2,1-4H3,(H,25,32)(H,26,29)(H,27,30). The minimum atomic E-state index is -0.903. The van der Waals surface area contributed by atoms with E-state index in [9.17, 15) is 19.2 Å². The fraction of sp³-hybridized carbons (Fsp3) is 0.667. The molecule has 3 aliphatic rings. The average Bonchev–Trinajstić information content (AvgIpc) is 3.28. The summed E-state index contributed by atoms with van der Waals surface area (Å²) >= 11 is 1.46. The second kappa shape index (κ2) is 8.74. The Morgan fingerprint density at radius 2 is 1.97 bits per heavy atom. The lowest BCUT2D eigenvalue weighted by Gasteiger charge is -2.36. The summed E-state index contributed by atoms with van der Waals surface area (Å²) in [7, 11) is 0. The third kappa shape index (κ3) is 4.52. The number of thiophene rings is 1. The van der Waals surface area contributed by atoms with E-state index in [4.69, 9.17) is 0 Å². The SMILES string of the molecule is CC1CCCCC12NC(=O)N(CC(=O)NNC(=O)c1cc3c(s1)CCC(C(C)(C)C)C3)C2=O. The molecule has 9 heteroatoms. The van der Waals surface area contributed by atoms with Crippen LogP contribution in [0.1, 0.15) is 79.9 Å². The zero-order valence-electron chi connectivity index (χ0n) is 19.9. The second-order valence-corrected chi connectivity index (χ2v) is 11.9. The molecule has 1 saturated carbocycles. The number of carbonyl (C=O) groups excluding carboxylic acids is 4. The molecule has 1 saturated heterocycles. The molecule has 0 aromatic carbocycles. The number of fused-ring (bicyclic) bond motifs is 1. The zero-order valence-corrected chi connectivity index (χ0v) is 20.7. The van der Waals surface area contributed by atoms with Crippen molar-refractivity contribution in [1.29, 1.82) is 0 Å². The number of nitrogens with one attached hydrogen (secondary N) is 3. The summed E-state index contributed by atoms with van der Waals surface area (Å²) in [5.74, 6) is -0.737. The molecule has 0 bridgehead atoms. The van der Waals surface area contributed by atoms with E-state index in [0.717, 1.165) is 43.4 Å². The van der Waals surface area contributed by atoms with Crippen LogP contribution in [0.25, 0.3) is 0 Å². The van der Waals surface area contributed by atoms with Gasteiger partial charge in [-0.1, -0.05) is 40.5 Å². The van der Waals surface area contributed by atoms with E-state index in [0.29, 0.717) is 17.2 Å². The van der Waals surface area contributed by atoms with Crippen molar-refractivity contribution < 1.29 is 19.2 Å². The predicted molar refractivity (Wildman–Crippen MR) is 126 cm³/mol. The minimum Gasteiger partial charge on any atom is -0.323 e. The number of imide groups is 1. The molecule has 1 spiro atoms. The van der Waals surface area contributed by atoms with Crippen LogP contribution in [-0.2, 0) is 22.4 Å². The molecule has 2 aliphatic carbocycles. The van der Waals surface area contributed by atoms with E-state index in [-0.39, 0.29) is 23.1 Å². The molecule has 0 radical (unpaired) electrons. The Balaban J connectivity index is 1.33. The van der Waals surface area contributed by atoms with Crippen LogP contribution in [0.3, 0.4) is 0 Å².